The zero-order chi connectivity index (χ0) is 31.9. The van der Waals surface area contributed by atoms with Gasteiger partial charge in [-0.15, -0.1) is 11.3 Å². The maximum Gasteiger partial charge on any atom is 0.223 e. The van der Waals surface area contributed by atoms with Gasteiger partial charge in [-0.2, -0.15) is 0 Å². The van der Waals surface area contributed by atoms with Gasteiger partial charge >= 0.3 is 0 Å². The smallest absolute Gasteiger partial charge is 0.223 e. The summed E-state index contributed by atoms with van der Waals surface area (Å²) in [5.41, 5.74) is 4.65. The minimum atomic E-state index is -0.411. The van der Waals surface area contributed by atoms with E-state index in [1.165, 1.54) is 21.6 Å². The summed E-state index contributed by atoms with van der Waals surface area (Å²) in [6.07, 6.45) is 3.79. The van der Waals surface area contributed by atoms with Crippen LogP contribution in [0.2, 0.25) is 0 Å². The van der Waals surface area contributed by atoms with E-state index >= 15 is 0 Å². The molecule has 44 heavy (non-hydrogen) atoms. The normalized spacial score (nSPS) is 14.0. The van der Waals surface area contributed by atoms with Crippen LogP contribution in [0, 0.1) is 19.3 Å². The van der Waals surface area contributed by atoms with Crippen LogP contribution in [0.1, 0.15) is 69.9 Å². The van der Waals surface area contributed by atoms with Crippen molar-refractivity contribution in [1.29, 1.82) is 0 Å². The van der Waals surface area contributed by atoms with Gasteiger partial charge in [-0.25, -0.2) is 0 Å². The topological polar surface area (TPSA) is 68.3 Å². The number of hydrogen-bond donors (Lipinski definition) is 0. The van der Waals surface area contributed by atoms with Gasteiger partial charge in [-0.05, 0) is 67.9 Å². The molecular formula is C36H48N2O5S. The van der Waals surface area contributed by atoms with Gasteiger partial charge in [0.05, 0.1) is 26.2 Å². The molecule has 7 nitrogen and oxygen atoms in total. The van der Waals surface area contributed by atoms with Crippen molar-refractivity contribution in [3.05, 3.63) is 74.5 Å². The molecule has 0 N–H and O–H groups in total. The lowest BCUT2D eigenvalue weighted by Gasteiger charge is -2.36. The second kappa shape index (κ2) is 15.1. The highest BCUT2D eigenvalue weighted by Crippen LogP contribution is 2.40. The molecule has 0 saturated carbocycles. The zero-order valence-corrected chi connectivity index (χ0v) is 28.3. The van der Waals surface area contributed by atoms with Crippen molar-refractivity contribution in [3.8, 4) is 17.2 Å². The largest absolute Gasteiger partial charge is 0.493 e. The summed E-state index contributed by atoms with van der Waals surface area (Å²) in [6, 6.07) is 14.6. The number of rotatable bonds is 14. The molecule has 8 heteroatoms. The molecule has 0 bridgehead atoms. The summed E-state index contributed by atoms with van der Waals surface area (Å²) in [4.78, 5) is 32.8. The molecule has 2 aromatic carbocycles. The fourth-order valence-electron chi connectivity index (χ4n) is 6.03. The predicted molar refractivity (Wildman–Crippen MR) is 178 cm³/mol. The van der Waals surface area contributed by atoms with Gasteiger partial charge in [-0.1, -0.05) is 43.7 Å². The van der Waals surface area contributed by atoms with Crippen LogP contribution in [-0.4, -0.2) is 69.0 Å². The minimum Gasteiger partial charge on any atom is -0.493 e. The number of methoxy groups -OCH3 is 3. The van der Waals surface area contributed by atoms with Crippen LogP contribution in [0.15, 0.2) is 42.5 Å². The van der Waals surface area contributed by atoms with Crippen molar-refractivity contribution >= 4 is 23.0 Å². The van der Waals surface area contributed by atoms with Crippen molar-refractivity contribution < 1.29 is 23.8 Å². The van der Waals surface area contributed by atoms with Crippen LogP contribution in [0.3, 0.4) is 0 Å². The fourth-order valence-corrected chi connectivity index (χ4v) is 7.02. The molecular weight excluding hydrogens is 572 g/mol. The summed E-state index contributed by atoms with van der Waals surface area (Å²) in [5.74, 6) is 2.14. The van der Waals surface area contributed by atoms with E-state index in [4.69, 9.17) is 14.2 Å². The molecule has 1 aromatic heterocycles. The lowest BCUT2D eigenvalue weighted by atomic mass is 9.83. The molecule has 238 valence electrons. The number of nitrogens with zero attached hydrogens (tertiary/aromatic N) is 2. The van der Waals surface area contributed by atoms with Gasteiger partial charge in [0.2, 0.25) is 11.7 Å². The molecule has 0 radical (unpaired) electrons. The third-order valence-corrected chi connectivity index (χ3v) is 9.66. The summed E-state index contributed by atoms with van der Waals surface area (Å²) in [5, 5.41) is 0. The lowest BCUT2D eigenvalue weighted by Crippen LogP contribution is -2.49. The Labute approximate surface area is 267 Å². The zero-order valence-electron chi connectivity index (χ0n) is 27.5. The standard InChI is InChI=1S/C36H48N2O5S/c1-25-11-12-27(26(2)21-25)9-8-10-29-14-16-32(44-29)30(39)22-36(3,4)23-33(40)38-19-17-37(18-20-38)24-28-13-15-31(41-5)35(43-7)34(28)42-6/h11-16,21H,8-10,17-20,22-24H2,1-7H3. The first-order valence-corrected chi connectivity index (χ1v) is 16.3. The van der Waals surface area contributed by atoms with Gasteiger partial charge < -0.3 is 19.1 Å². The van der Waals surface area contributed by atoms with E-state index in [-0.39, 0.29) is 11.7 Å². The first-order chi connectivity index (χ1) is 21.0. The van der Waals surface area contributed by atoms with Crippen LogP contribution in [0.4, 0.5) is 0 Å². The second-order valence-corrected chi connectivity index (χ2v) is 13.8. The van der Waals surface area contributed by atoms with E-state index in [1.807, 2.05) is 36.9 Å². The third kappa shape index (κ3) is 8.63. The van der Waals surface area contributed by atoms with Crippen LogP contribution < -0.4 is 14.2 Å². The van der Waals surface area contributed by atoms with Gasteiger partial charge in [0.15, 0.2) is 17.3 Å². The number of piperazine rings is 1. The second-order valence-electron chi connectivity index (χ2n) is 12.6. The average Bonchev–Trinajstić information content (AvgIpc) is 3.47. The highest BCUT2D eigenvalue weighted by Gasteiger charge is 2.30. The van der Waals surface area contributed by atoms with Crippen LogP contribution >= 0.6 is 11.3 Å². The SMILES string of the molecule is COc1ccc(CN2CCN(C(=O)CC(C)(C)CC(=O)c3ccc(CCCc4ccc(C)cc4C)s3)CC2)c(OC)c1OC. The van der Waals surface area contributed by atoms with Gasteiger partial charge in [0, 0.05) is 56.0 Å². The Morgan fingerprint density at radius 1 is 0.818 bits per heavy atom. The Morgan fingerprint density at radius 3 is 2.18 bits per heavy atom. The number of carbonyl (C=O) groups is 2. The minimum absolute atomic E-state index is 0.115. The Morgan fingerprint density at radius 2 is 1.52 bits per heavy atom. The lowest BCUT2D eigenvalue weighted by molar-refractivity contribution is -0.135. The highest BCUT2D eigenvalue weighted by molar-refractivity contribution is 7.14. The van der Waals surface area contributed by atoms with E-state index < -0.39 is 5.41 Å². The number of Topliss-reactive ketones (excluding diaryl/α,β-unsaturated/α-hetero) is 1. The number of aryl methyl sites for hydroxylation is 4. The molecule has 4 rings (SSSR count). The van der Waals surface area contributed by atoms with Crippen molar-refractivity contribution in [3.63, 3.8) is 0 Å². The molecule has 1 amide bonds. The van der Waals surface area contributed by atoms with Crippen molar-refractivity contribution in [1.82, 2.24) is 9.80 Å². The maximum absolute atomic E-state index is 13.3. The number of amides is 1. The summed E-state index contributed by atoms with van der Waals surface area (Å²) >= 11 is 1.60. The van der Waals surface area contributed by atoms with E-state index in [2.05, 4.69) is 43.0 Å². The number of thiophene rings is 1. The van der Waals surface area contributed by atoms with Gasteiger partial charge in [-0.3, -0.25) is 14.5 Å². The van der Waals surface area contributed by atoms with E-state index in [9.17, 15) is 9.59 Å². The number of hydrogen-bond acceptors (Lipinski definition) is 7. The third-order valence-electron chi connectivity index (χ3n) is 8.48. The molecule has 3 aromatic rings. The first kappa shape index (κ1) is 33.5. The quantitative estimate of drug-likeness (QED) is 0.183. The number of carbonyl (C=O) groups excluding carboxylic acids is 2. The molecule has 1 fully saturated rings. The Bertz CT molecular complexity index is 1440. The van der Waals surface area contributed by atoms with E-state index in [0.717, 1.165) is 42.8 Å². The predicted octanol–water partition coefficient (Wildman–Crippen LogP) is 6.90. The Hall–Kier alpha value is -3.36. The number of ether oxygens (including phenoxy) is 3. The van der Waals surface area contributed by atoms with Crippen LogP contribution in [0.5, 0.6) is 17.2 Å². The molecule has 1 aliphatic heterocycles. The van der Waals surface area contributed by atoms with Gasteiger partial charge in [0.1, 0.15) is 0 Å². The monoisotopic (exact) mass is 620 g/mol. The summed E-state index contributed by atoms with van der Waals surface area (Å²) in [6.45, 7) is 11.9. The van der Waals surface area contributed by atoms with Crippen molar-refractivity contribution in [2.45, 2.75) is 66.3 Å². The molecule has 0 spiro atoms. The van der Waals surface area contributed by atoms with E-state index in [0.29, 0.717) is 49.7 Å². The summed E-state index contributed by atoms with van der Waals surface area (Å²) < 4.78 is 16.6. The van der Waals surface area contributed by atoms with Crippen LogP contribution in [0.25, 0.3) is 0 Å². The molecule has 0 atom stereocenters. The molecule has 1 saturated heterocycles. The Kier molecular flexibility index (Phi) is 11.5. The molecule has 0 aliphatic carbocycles. The van der Waals surface area contributed by atoms with Crippen LogP contribution in [-0.2, 0) is 24.2 Å². The number of ketones is 1. The Balaban J connectivity index is 1.24. The first-order valence-electron chi connectivity index (χ1n) is 15.5. The maximum atomic E-state index is 13.3. The fraction of sp³-hybridized carbons (Fsp3) is 0.500. The highest BCUT2D eigenvalue weighted by atomic mass is 32.1. The molecule has 2 heterocycles. The molecule has 0 unspecified atom stereocenters. The summed E-state index contributed by atoms with van der Waals surface area (Å²) in [7, 11) is 4.85. The van der Waals surface area contributed by atoms with E-state index in [1.54, 1.807) is 32.7 Å². The van der Waals surface area contributed by atoms with Gasteiger partial charge in [0.25, 0.3) is 0 Å². The average molecular weight is 621 g/mol. The molecule has 1 aliphatic rings. The number of benzene rings is 2. The van der Waals surface area contributed by atoms with Crippen molar-refractivity contribution in [2.24, 2.45) is 5.41 Å². The van der Waals surface area contributed by atoms with Crippen molar-refractivity contribution in [2.75, 3.05) is 47.5 Å².